The van der Waals surface area contributed by atoms with E-state index in [-0.39, 0.29) is 5.48 Å². The average Bonchev–Trinajstić information content (AvgIpc) is 2.86. The molecule has 0 aliphatic carbocycles. The van der Waals surface area contributed by atoms with Crippen LogP contribution < -0.4 is 0 Å². The number of aromatic nitrogens is 3. The van der Waals surface area contributed by atoms with Crippen molar-refractivity contribution in [2.24, 2.45) is 0 Å². The van der Waals surface area contributed by atoms with Gasteiger partial charge in [0.2, 0.25) is 0 Å². The van der Waals surface area contributed by atoms with Crippen LogP contribution in [-0.4, -0.2) is 25.6 Å². The Morgan fingerprint density at radius 3 is 2.11 bits per heavy atom. The highest BCUT2D eigenvalue weighted by Gasteiger charge is 2.10. The minimum atomic E-state index is 0. The first-order chi connectivity index (χ1) is 8.84. The lowest BCUT2D eigenvalue weighted by Gasteiger charge is -2.06. The summed E-state index contributed by atoms with van der Waals surface area (Å²) in [6, 6.07) is 17.9. The Labute approximate surface area is 110 Å². The summed E-state index contributed by atoms with van der Waals surface area (Å²) in [5, 5.41) is 13.1. The van der Waals surface area contributed by atoms with E-state index in [9.17, 15) is 5.21 Å². The molecular formula is C14H13N3O2. The van der Waals surface area contributed by atoms with Gasteiger partial charge in [0.1, 0.15) is 0 Å². The predicted molar refractivity (Wildman–Crippen MR) is 71.7 cm³/mol. The summed E-state index contributed by atoms with van der Waals surface area (Å²) in [4.78, 5) is 4.79. The van der Waals surface area contributed by atoms with Gasteiger partial charge in [-0.15, -0.1) is 5.10 Å². The predicted octanol–water partition coefficient (Wildman–Crippen LogP) is 2.02. The summed E-state index contributed by atoms with van der Waals surface area (Å²) < 4.78 is 0. The molecule has 0 bridgehead atoms. The summed E-state index contributed by atoms with van der Waals surface area (Å²) >= 11 is 0. The van der Waals surface area contributed by atoms with Crippen LogP contribution in [0.2, 0.25) is 0 Å². The van der Waals surface area contributed by atoms with E-state index in [1.54, 1.807) is 0 Å². The van der Waals surface area contributed by atoms with Crippen LogP contribution in [0.25, 0.3) is 22.5 Å². The number of nitrogens with zero attached hydrogens (tertiary/aromatic N) is 3. The van der Waals surface area contributed by atoms with Gasteiger partial charge in [-0.3, -0.25) is 0 Å². The lowest BCUT2D eigenvalue weighted by Crippen LogP contribution is -1.91. The van der Waals surface area contributed by atoms with Crippen LogP contribution in [0.15, 0.2) is 60.9 Å². The standard InChI is InChI=1S/C14H11N3O.H2O/c18-17-10-15-14(16-17)13-9-5-4-8-12(13)11-6-2-1-3-7-11;/h1-10,18H;1H2. The second-order valence-electron chi connectivity index (χ2n) is 3.90. The van der Waals surface area contributed by atoms with Crippen molar-refractivity contribution in [3.05, 3.63) is 60.9 Å². The molecule has 1 aromatic heterocycles. The van der Waals surface area contributed by atoms with Crippen molar-refractivity contribution in [1.82, 2.24) is 14.9 Å². The summed E-state index contributed by atoms with van der Waals surface area (Å²) in [5.74, 6) is 0.511. The van der Waals surface area contributed by atoms with Gasteiger partial charge in [0.15, 0.2) is 12.2 Å². The topological polar surface area (TPSA) is 82.4 Å². The van der Waals surface area contributed by atoms with Gasteiger partial charge in [0.25, 0.3) is 0 Å². The third kappa shape index (κ3) is 2.46. The normalized spacial score (nSPS) is 9.89. The molecule has 0 unspecified atom stereocenters. The zero-order valence-corrected chi connectivity index (χ0v) is 10.1. The largest absolute Gasteiger partial charge is 0.412 e. The maximum Gasteiger partial charge on any atom is 0.185 e. The van der Waals surface area contributed by atoms with E-state index < -0.39 is 0 Å². The Balaban J connectivity index is 0.00000133. The molecule has 0 radical (unpaired) electrons. The second-order valence-corrected chi connectivity index (χ2v) is 3.90. The number of rotatable bonds is 2. The molecule has 3 rings (SSSR count). The molecule has 1 heterocycles. The molecule has 0 saturated heterocycles. The minimum Gasteiger partial charge on any atom is -0.412 e. The van der Waals surface area contributed by atoms with Gasteiger partial charge < -0.3 is 10.7 Å². The fourth-order valence-electron chi connectivity index (χ4n) is 1.93. The van der Waals surface area contributed by atoms with Crippen molar-refractivity contribution in [2.75, 3.05) is 0 Å². The van der Waals surface area contributed by atoms with Crippen LogP contribution in [0.1, 0.15) is 0 Å². The van der Waals surface area contributed by atoms with Crippen LogP contribution in [0.3, 0.4) is 0 Å². The van der Waals surface area contributed by atoms with E-state index in [0.717, 1.165) is 21.5 Å². The molecule has 5 nitrogen and oxygen atoms in total. The Morgan fingerprint density at radius 2 is 1.47 bits per heavy atom. The van der Waals surface area contributed by atoms with Gasteiger partial charge in [0, 0.05) is 5.56 Å². The molecule has 0 saturated carbocycles. The SMILES string of the molecule is O.On1cnc(-c2ccccc2-c2ccccc2)n1. The highest BCUT2D eigenvalue weighted by atomic mass is 16.5. The average molecular weight is 255 g/mol. The van der Waals surface area contributed by atoms with Crippen molar-refractivity contribution < 1.29 is 10.7 Å². The number of hydrogen-bond donors (Lipinski definition) is 1. The van der Waals surface area contributed by atoms with Gasteiger partial charge in [-0.1, -0.05) is 59.4 Å². The molecule has 0 fully saturated rings. The van der Waals surface area contributed by atoms with Crippen LogP contribution in [0, 0.1) is 0 Å². The van der Waals surface area contributed by atoms with Gasteiger partial charge in [0.05, 0.1) is 0 Å². The summed E-state index contributed by atoms with van der Waals surface area (Å²) in [6.07, 6.45) is 1.27. The molecule has 0 amide bonds. The molecule has 0 atom stereocenters. The van der Waals surface area contributed by atoms with Crippen LogP contribution in [-0.2, 0) is 0 Å². The molecule has 2 aromatic carbocycles. The summed E-state index contributed by atoms with van der Waals surface area (Å²) in [5.41, 5.74) is 3.04. The van der Waals surface area contributed by atoms with Crippen molar-refractivity contribution in [2.45, 2.75) is 0 Å². The summed E-state index contributed by atoms with van der Waals surface area (Å²) in [6.45, 7) is 0. The third-order valence-corrected chi connectivity index (χ3v) is 2.73. The van der Waals surface area contributed by atoms with Crippen LogP contribution in [0.4, 0.5) is 0 Å². The van der Waals surface area contributed by atoms with Crippen molar-refractivity contribution in [1.29, 1.82) is 0 Å². The Bertz CT molecular complexity index is 665. The van der Waals surface area contributed by atoms with Crippen molar-refractivity contribution in [3.8, 4) is 22.5 Å². The fourth-order valence-corrected chi connectivity index (χ4v) is 1.93. The molecule has 0 aliphatic rings. The second kappa shape index (κ2) is 5.32. The molecule has 19 heavy (non-hydrogen) atoms. The Hall–Kier alpha value is -2.66. The molecule has 3 aromatic rings. The molecular weight excluding hydrogens is 242 g/mol. The smallest absolute Gasteiger partial charge is 0.185 e. The molecule has 5 heteroatoms. The zero-order chi connectivity index (χ0) is 12.4. The third-order valence-electron chi connectivity index (χ3n) is 2.73. The van der Waals surface area contributed by atoms with E-state index in [1.165, 1.54) is 6.33 Å². The number of benzene rings is 2. The van der Waals surface area contributed by atoms with Gasteiger partial charge in [-0.2, -0.15) is 0 Å². The van der Waals surface area contributed by atoms with Crippen LogP contribution >= 0.6 is 0 Å². The lowest BCUT2D eigenvalue weighted by molar-refractivity contribution is 0.148. The molecule has 0 spiro atoms. The highest BCUT2D eigenvalue weighted by molar-refractivity contribution is 5.80. The first-order valence-corrected chi connectivity index (χ1v) is 5.60. The maximum atomic E-state index is 9.22. The first kappa shape index (κ1) is 12.8. The van der Waals surface area contributed by atoms with E-state index >= 15 is 0 Å². The van der Waals surface area contributed by atoms with Gasteiger partial charge in [-0.05, 0) is 11.1 Å². The van der Waals surface area contributed by atoms with E-state index in [4.69, 9.17) is 0 Å². The molecule has 3 N–H and O–H groups in total. The Kier molecular flexibility index (Phi) is 3.58. The maximum absolute atomic E-state index is 9.22. The van der Waals surface area contributed by atoms with E-state index in [2.05, 4.69) is 10.1 Å². The highest BCUT2D eigenvalue weighted by Crippen LogP contribution is 2.29. The summed E-state index contributed by atoms with van der Waals surface area (Å²) in [7, 11) is 0. The lowest BCUT2D eigenvalue weighted by atomic mass is 9.99. The van der Waals surface area contributed by atoms with Gasteiger partial charge in [-0.25, -0.2) is 4.98 Å². The molecule has 0 aliphatic heterocycles. The minimum absolute atomic E-state index is 0. The van der Waals surface area contributed by atoms with Crippen LogP contribution in [0.5, 0.6) is 0 Å². The number of hydrogen-bond acceptors (Lipinski definition) is 3. The molecule has 96 valence electrons. The monoisotopic (exact) mass is 255 g/mol. The van der Waals surface area contributed by atoms with E-state index in [0.29, 0.717) is 5.82 Å². The van der Waals surface area contributed by atoms with E-state index in [1.807, 2.05) is 54.6 Å². The fraction of sp³-hybridized carbons (Fsp3) is 0. The van der Waals surface area contributed by atoms with Crippen molar-refractivity contribution >= 4 is 0 Å². The van der Waals surface area contributed by atoms with Crippen molar-refractivity contribution in [3.63, 3.8) is 0 Å². The zero-order valence-electron chi connectivity index (χ0n) is 10.1. The van der Waals surface area contributed by atoms with Gasteiger partial charge >= 0.3 is 0 Å². The first-order valence-electron chi connectivity index (χ1n) is 5.60. The Morgan fingerprint density at radius 1 is 0.842 bits per heavy atom. The quantitative estimate of drug-likeness (QED) is 0.711.